The van der Waals surface area contributed by atoms with Crippen LogP contribution in [0.3, 0.4) is 0 Å². The van der Waals surface area contributed by atoms with Crippen molar-refractivity contribution in [3.63, 3.8) is 0 Å². The van der Waals surface area contributed by atoms with Gasteiger partial charge in [-0.1, -0.05) is 12.8 Å². The smallest absolute Gasteiger partial charge is 0.261 e. The average Bonchev–Trinajstić information content (AvgIpc) is 2.70. The van der Waals surface area contributed by atoms with E-state index in [1.165, 1.54) is 12.1 Å². The van der Waals surface area contributed by atoms with Crippen LogP contribution in [0.1, 0.15) is 52.2 Å². The van der Waals surface area contributed by atoms with Gasteiger partial charge >= 0.3 is 0 Å². The summed E-state index contributed by atoms with van der Waals surface area (Å²) < 4.78 is 15.4. The average molecular weight is 408 g/mol. The van der Waals surface area contributed by atoms with E-state index in [1.54, 1.807) is 22.8 Å². The first kappa shape index (κ1) is 19.8. The van der Waals surface area contributed by atoms with Crippen molar-refractivity contribution in [3.05, 3.63) is 69.5 Å². The van der Waals surface area contributed by atoms with Gasteiger partial charge in [-0.05, 0) is 49.2 Å². The molecule has 0 saturated carbocycles. The number of halogens is 1. The number of fused-ring (bicyclic) bond motifs is 2. The monoisotopic (exact) mass is 408 g/mol. The van der Waals surface area contributed by atoms with Gasteiger partial charge in [0.1, 0.15) is 11.6 Å². The molecule has 0 bridgehead atoms. The van der Waals surface area contributed by atoms with Gasteiger partial charge in [-0.2, -0.15) is 0 Å². The maximum absolute atomic E-state index is 13.6. The zero-order valence-corrected chi connectivity index (χ0v) is 16.3. The van der Waals surface area contributed by atoms with Gasteiger partial charge in [-0.3, -0.25) is 19.0 Å². The van der Waals surface area contributed by atoms with E-state index in [0.717, 1.165) is 44.0 Å². The van der Waals surface area contributed by atoms with Crippen LogP contribution in [0.25, 0.3) is 10.9 Å². The number of rotatable bonds is 3. The molecule has 0 atom stereocenters. The number of nitrogens with zero attached hydrogens (tertiary/aromatic N) is 2. The Balaban J connectivity index is 1.67. The van der Waals surface area contributed by atoms with E-state index in [0.29, 0.717) is 23.0 Å². The largest absolute Gasteiger partial charge is 0.366 e. The highest BCUT2D eigenvalue weighted by atomic mass is 19.1. The van der Waals surface area contributed by atoms with Crippen LogP contribution in [-0.4, -0.2) is 21.4 Å². The molecule has 0 fully saturated rings. The number of nitrogens with two attached hydrogens (primary N) is 1. The SMILES string of the molecule is NC(=O)c1cc(NC(=O)c2ccc3c(=O)n4c(nc3c2)CCCCCC4)ccc1F. The third-order valence-corrected chi connectivity index (χ3v) is 5.32. The second-order valence-electron chi connectivity index (χ2n) is 7.39. The maximum Gasteiger partial charge on any atom is 0.261 e. The molecule has 3 aromatic rings. The Morgan fingerprint density at radius 1 is 1.07 bits per heavy atom. The van der Waals surface area contributed by atoms with E-state index >= 15 is 0 Å². The summed E-state index contributed by atoms with van der Waals surface area (Å²) in [5.74, 6) is -1.40. The van der Waals surface area contributed by atoms with E-state index in [9.17, 15) is 18.8 Å². The van der Waals surface area contributed by atoms with Crippen LogP contribution < -0.4 is 16.6 Å². The highest BCUT2D eigenvalue weighted by Gasteiger charge is 2.16. The molecular weight excluding hydrogens is 387 g/mol. The molecule has 30 heavy (non-hydrogen) atoms. The van der Waals surface area contributed by atoms with Crippen molar-refractivity contribution in [2.45, 2.75) is 38.6 Å². The molecule has 1 aromatic heterocycles. The Kier molecular flexibility index (Phi) is 5.31. The topological polar surface area (TPSA) is 107 Å². The highest BCUT2D eigenvalue weighted by Crippen LogP contribution is 2.19. The highest BCUT2D eigenvalue weighted by molar-refractivity contribution is 6.06. The first-order valence-electron chi connectivity index (χ1n) is 9.88. The minimum absolute atomic E-state index is 0.0894. The zero-order valence-electron chi connectivity index (χ0n) is 16.3. The fourth-order valence-electron chi connectivity index (χ4n) is 3.73. The second-order valence-corrected chi connectivity index (χ2v) is 7.39. The molecular formula is C22H21FN4O3. The quantitative estimate of drug-likeness (QED) is 0.695. The molecule has 8 heteroatoms. The van der Waals surface area contributed by atoms with Crippen molar-refractivity contribution < 1.29 is 14.0 Å². The lowest BCUT2D eigenvalue weighted by Gasteiger charge is -2.16. The number of nitrogens with one attached hydrogen (secondary N) is 1. The Morgan fingerprint density at radius 3 is 2.67 bits per heavy atom. The molecule has 0 radical (unpaired) electrons. The number of carbonyl (C=O) groups excluding carboxylic acids is 2. The fraction of sp³-hybridized carbons (Fsp3) is 0.273. The Bertz CT molecular complexity index is 1220. The number of aryl methyl sites for hydroxylation is 1. The lowest BCUT2D eigenvalue weighted by molar-refractivity contribution is 0.0992. The zero-order chi connectivity index (χ0) is 21.3. The molecule has 0 unspecified atom stereocenters. The van der Waals surface area contributed by atoms with Crippen molar-refractivity contribution in [1.82, 2.24) is 9.55 Å². The van der Waals surface area contributed by atoms with Gasteiger partial charge in [-0.25, -0.2) is 9.37 Å². The van der Waals surface area contributed by atoms with Crippen LogP contribution in [0, 0.1) is 5.82 Å². The number of benzene rings is 2. The summed E-state index contributed by atoms with van der Waals surface area (Å²) in [6.45, 7) is 0.659. The Labute approximate surface area is 171 Å². The van der Waals surface area contributed by atoms with Crippen molar-refractivity contribution in [2.75, 3.05) is 5.32 Å². The predicted molar refractivity (Wildman–Crippen MR) is 111 cm³/mol. The molecule has 1 aliphatic rings. The van der Waals surface area contributed by atoms with Crippen LogP contribution >= 0.6 is 0 Å². The Morgan fingerprint density at radius 2 is 1.87 bits per heavy atom. The number of hydrogen-bond donors (Lipinski definition) is 2. The molecule has 3 N–H and O–H groups in total. The van der Waals surface area contributed by atoms with Gasteiger partial charge in [0.25, 0.3) is 17.4 Å². The maximum atomic E-state index is 13.6. The molecule has 154 valence electrons. The number of anilines is 1. The van der Waals surface area contributed by atoms with Crippen LogP contribution in [0.2, 0.25) is 0 Å². The number of aromatic nitrogens is 2. The summed E-state index contributed by atoms with van der Waals surface area (Å²) in [5, 5.41) is 3.08. The van der Waals surface area contributed by atoms with Gasteiger partial charge in [0.15, 0.2) is 0 Å². The number of primary amides is 1. The molecule has 7 nitrogen and oxygen atoms in total. The van der Waals surface area contributed by atoms with Gasteiger partial charge in [-0.15, -0.1) is 0 Å². The third kappa shape index (κ3) is 3.80. The van der Waals surface area contributed by atoms with E-state index in [-0.39, 0.29) is 16.8 Å². The van der Waals surface area contributed by atoms with Gasteiger partial charge in [0.2, 0.25) is 0 Å². The normalized spacial score (nSPS) is 13.9. The number of hydrogen-bond acceptors (Lipinski definition) is 4. The molecule has 0 aliphatic carbocycles. The molecule has 2 heterocycles. The third-order valence-electron chi connectivity index (χ3n) is 5.32. The van der Waals surface area contributed by atoms with Crippen molar-refractivity contribution in [1.29, 1.82) is 0 Å². The van der Waals surface area contributed by atoms with Gasteiger partial charge < -0.3 is 11.1 Å². The van der Waals surface area contributed by atoms with Crippen LogP contribution in [0.15, 0.2) is 41.2 Å². The molecule has 0 saturated heterocycles. The molecule has 2 aromatic carbocycles. The van der Waals surface area contributed by atoms with E-state index in [1.807, 2.05) is 0 Å². The van der Waals surface area contributed by atoms with Crippen molar-refractivity contribution in [2.24, 2.45) is 5.73 Å². The standard InChI is InChI=1S/C22H21FN4O3/c23-17-9-7-14(12-16(17)20(24)28)25-21(29)13-6-8-15-18(11-13)26-19-5-3-1-2-4-10-27(19)22(15)30/h6-9,11-12H,1-5,10H2,(H2,24,28)(H,25,29). The first-order valence-corrected chi connectivity index (χ1v) is 9.88. The minimum atomic E-state index is -0.921. The first-order chi connectivity index (χ1) is 14.4. The van der Waals surface area contributed by atoms with Crippen LogP contribution in [0.4, 0.5) is 10.1 Å². The lowest BCUT2D eigenvalue weighted by Crippen LogP contribution is -2.26. The van der Waals surface area contributed by atoms with Gasteiger partial charge in [0, 0.05) is 24.2 Å². The second kappa shape index (κ2) is 8.06. The van der Waals surface area contributed by atoms with Crippen molar-refractivity contribution >= 4 is 28.4 Å². The summed E-state index contributed by atoms with van der Waals surface area (Å²) >= 11 is 0. The van der Waals surface area contributed by atoms with Crippen LogP contribution in [-0.2, 0) is 13.0 Å². The minimum Gasteiger partial charge on any atom is -0.366 e. The molecule has 2 amide bonds. The summed E-state index contributed by atoms with van der Waals surface area (Å²) in [4.78, 5) is 41.5. The summed E-state index contributed by atoms with van der Waals surface area (Å²) in [6, 6.07) is 8.32. The number of amides is 2. The summed E-state index contributed by atoms with van der Waals surface area (Å²) in [7, 11) is 0. The van der Waals surface area contributed by atoms with E-state index in [2.05, 4.69) is 10.3 Å². The molecule has 4 rings (SSSR count). The van der Waals surface area contributed by atoms with Crippen LogP contribution in [0.5, 0.6) is 0 Å². The predicted octanol–water partition coefficient (Wildman–Crippen LogP) is 3.00. The van der Waals surface area contributed by atoms with Crippen molar-refractivity contribution in [3.8, 4) is 0 Å². The molecule has 0 spiro atoms. The van der Waals surface area contributed by atoms with E-state index < -0.39 is 17.6 Å². The lowest BCUT2D eigenvalue weighted by atomic mass is 10.1. The van der Waals surface area contributed by atoms with Gasteiger partial charge in [0.05, 0.1) is 16.5 Å². The summed E-state index contributed by atoms with van der Waals surface area (Å²) in [6.07, 6.45) is 4.87. The molecule has 1 aliphatic heterocycles. The Hall–Kier alpha value is -3.55. The number of carbonyl (C=O) groups is 2. The fourth-order valence-corrected chi connectivity index (χ4v) is 3.73. The van der Waals surface area contributed by atoms with E-state index in [4.69, 9.17) is 5.73 Å². The summed E-state index contributed by atoms with van der Waals surface area (Å²) in [5.41, 5.74) is 5.76.